The van der Waals surface area contributed by atoms with Crippen LogP contribution in [0.1, 0.15) is 25.7 Å². The van der Waals surface area contributed by atoms with Gasteiger partial charge < -0.3 is 9.84 Å². The van der Waals surface area contributed by atoms with Gasteiger partial charge >= 0.3 is 5.97 Å². The van der Waals surface area contributed by atoms with Crippen molar-refractivity contribution in [3.05, 3.63) is 29.3 Å². The number of unbranched alkanes of at least 4 members (excludes halogenated alkanes) is 2. The molecule has 0 bridgehead atoms. The van der Waals surface area contributed by atoms with E-state index in [1.165, 1.54) is 0 Å². The van der Waals surface area contributed by atoms with E-state index in [4.69, 9.17) is 21.4 Å². The summed E-state index contributed by atoms with van der Waals surface area (Å²) in [7, 11) is 0. The number of ether oxygens (including phenoxy) is 1. The van der Waals surface area contributed by atoms with Crippen LogP contribution in [-0.4, -0.2) is 17.7 Å². The molecule has 0 amide bonds. The molecule has 1 N–H and O–H groups in total. The van der Waals surface area contributed by atoms with Gasteiger partial charge in [-0.3, -0.25) is 4.79 Å². The maximum atomic E-state index is 10.2. The fraction of sp³-hybridized carbons (Fsp3) is 0.417. The van der Waals surface area contributed by atoms with E-state index in [0.717, 1.165) is 18.6 Å². The van der Waals surface area contributed by atoms with Gasteiger partial charge in [0.05, 0.1) is 6.61 Å². The summed E-state index contributed by atoms with van der Waals surface area (Å²) in [6.45, 7) is 0.597. The SMILES string of the molecule is O=C(O)CCCCCOc1cccc(Cl)c1. The van der Waals surface area contributed by atoms with Crippen LogP contribution in [0.2, 0.25) is 5.02 Å². The summed E-state index contributed by atoms with van der Waals surface area (Å²) in [6, 6.07) is 7.24. The average Bonchev–Trinajstić information content (AvgIpc) is 2.23. The van der Waals surface area contributed by atoms with Crippen molar-refractivity contribution < 1.29 is 14.6 Å². The topological polar surface area (TPSA) is 46.5 Å². The molecule has 1 rings (SSSR count). The van der Waals surface area contributed by atoms with Crippen LogP contribution in [0.3, 0.4) is 0 Å². The standard InChI is InChI=1S/C12H15ClO3/c13-10-5-4-6-11(9-10)16-8-3-1-2-7-12(14)15/h4-6,9H,1-3,7-8H2,(H,14,15). The average molecular weight is 243 g/mol. The molecule has 1 aromatic rings. The molecule has 0 fully saturated rings. The molecule has 0 heterocycles. The largest absolute Gasteiger partial charge is 0.494 e. The first-order chi connectivity index (χ1) is 7.68. The van der Waals surface area contributed by atoms with Gasteiger partial charge in [0.1, 0.15) is 5.75 Å². The fourth-order valence-corrected chi connectivity index (χ4v) is 1.48. The number of benzene rings is 1. The minimum atomic E-state index is -0.740. The monoisotopic (exact) mass is 242 g/mol. The maximum absolute atomic E-state index is 10.2. The molecule has 0 aliphatic rings. The summed E-state index contributed by atoms with van der Waals surface area (Å²) < 4.78 is 5.46. The van der Waals surface area contributed by atoms with Crippen molar-refractivity contribution in [3.63, 3.8) is 0 Å². The van der Waals surface area contributed by atoms with Crippen molar-refractivity contribution in [2.24, 2.45) is 0 Å². The molecule has 0 aliphatic heterocycles. The van der Waals surface area contributed by atoms with Gasteiger partial charge in [-0.25, -0.2) is 0 Å². The third-order valence-electron chi connectivity index (χ3n) is 2.10. The van der Waals surface area contributed by atoms with Gasteiger partial charge in [0, 0.05) is 11.4 Å². The molecule has 0 saturated heterocycles. The number of rotatable bonds is 7. The first-order valence-corrected chi connectivity index (χ1v) is 5.66. The zero-order valence-electron chi connectivity index (χ0n) is 8.99. The Morgan fingerprint density at radius 3 is 2.81 bits per heavy atom. The molecule has 0 atom stereocenters. The van der Waals surface area contributed by atoms with Crippen LogP contribution < -0.4 is 4.74 Å². The van der Waals surface area contributed by atoms with E-state index in [1.54, 1.807) is 12.1 Å². The van der Waals surface area contributed by atoms with Crippen molar-refractivity contribution >= 4 is 17.6 Å². The van der Waals surface area contributed by atoms with E-state index in [2.05, 4.69) is 0 Å². The minimum Gasteiger partial charge on any atom is -0.494 e. The summed E-state index contributed by atoms with van der Waals surface area (Å²) in [5.74, 6) is 0.0153. The summed E-state index contributed by atoms with van der Waals surface area (Å²) in [5.41, 5.74) is 0. The first-order valence-electron chi connectivity index (χ1n) is 5.28. The number of carboxylic acid groups (broad SMARTS) is 1. The summed E-state index contributed by atoms with van der Waals surface area (Å²) in [4.78, 5) is 10.2. The quantitative estimate of drug-likeness (QED) is 0.746. The molecule has 88 valence electrons. The van der Waals surface area contributed by atoms with E-state index in [1.807, 2.05) is 12.1 Å². The van der Waals surface area contributed by atoms with Crippen molar-refractivity contribution in [2.45, 2.75) is 25.7 Å². The van der Waals surface area contributed by atoms with Crippen molar-refractivity contribution in [2.75, 3.05) is 6.61 Å². The number of carboxylic acids is 1. The predicted molar refractivity (Wildman–Crippen MR) is 63.1 cm³/mol. The first kappa shape index (κ1) is 12.8. The Hall–Kier alpha value is -1.22. The number of carbonyl (C=O) groups is 1. The lowest BCUT2D eigenvalue weighted by Gasteiger charge is -2.05. The third kappa shape index (κ3) is 5.61. The third-order valence-corrected chi connectivity index (χ3v) is 2.33. The second kappa shape index (κ2) is 7.12. The minimum absolute atomic E-state index is 0.233. The zero-order chi connectivity index (χ0) is 11.8. The van der Waals surface area contributed by atoms with Crippen LogP contribution in [0.15, 0.2) is 24.3 Å². The van der Waals surface area contributed by atoms with Gasteiger partial charge in [-0.05, 0) is 37.5 Å². The Bertz CT molecular complexity index is 339. The van der Waals surface area contributed by atoms with Gasteiger partial charge in [0.2, 0.25) is 0 Å². The second-order valence-electron chi connectivity index (χ2n) is 3.51. The Morgan fingerprint density at radius 2 is 2.12 bits per heavy atom. The molecule has 0 saturated carbocycles. The lowest BCUT2D eigenvalue weighted by molar-refractivity contribution is -0.137. The Kier molecular flexibility index (Phi) is 5.72. The van der Waals surface area contributed by atoms with Crippen LogP contribution in [0, 0.1) is 0 Å². The molecule has 0 aliphatic carbocycles. The molecule has 0 aromatic heterocycles. The smallest absolute Gasteiger partial charge is 0.303 e. The molecule has 1 aromatic carbocycles. The van der Waals surface area contributed by atoms with Crippen LogP contribution in [0.4, 0.5) is 0 Å². The number of hydrogen-bond acceptors (Lipinski definition) is 2. The molecular formula is C12H15ClO3. The van der Waals surface area contributed by atoms with E-state index >= 15 is 0 Å². The van der Waals surface area contributed by atoms with Gasteiger partial charge in [-0.1, -0.05) is 17.7 Å². The molecule has 16 heavy (non-hydrogen) atoms. The number of aliphatic carboxylic acids is 1. The Morgan fingerprint density at radius 1 is 1.31 bits per heavy atom. The molecule has 3 nitrogen and oxygen atoms in total. The maximum Gasteiger partial charge on any atom is 0.303 e. The molecule has 0 spiro atoms. The summed E-state index contributed by atoms with van der Waals surface area (Å²) in [5, 5.41) is 9.09. The number of halogens is 1. The van der Waals surface area contributed by atoms with Gasteiger partial charge in [0.15, 0.2) is 0 Å². The summed E-state index contributed by atoms with van der Waals surface area (Å²) >= 11 is 5.80. The molecular weight excluding hydrogens is 228 g/mol. The van der Waals surface area contributed by atoms with E-state index in [-0.39, 0.29) is 6.42 Å². The van der Waals surface area contributed by atoms with E-state index in [9.17, 15) is 4.79 Å². The van der Waals surface area contributed by atoms with E-state index in [0.29, 0.717) is 18.1 Å². The van der Waals surface area contributed by atoms with Gasteiger partial charge in [-0.2, -0.15) is 0 Å². The fourth-order valence-electron chi connectivity index (χ4n) is 1.30. The molecule has 4 heteroatoms. The summed E-state index contributed by atoms with van der Waals surface area (Å²) in [6.07, 6.45) is 2.66. The second-order valence-corrected chi connectivity index (χ2v) is 3.95. The van der Waals surface area contributed by atoms with Crippen molar-refractivity contribution in [1.29, 1.82) is 0 Å². The lowest BCUT2D eigenvalue weighted by atomic mass is 10.2. The van der Waals surface area contributed by atoms with Crippen LogP contribution >= 0.6 is 11.6 Å². The predicted octanol–water partition coefficient (Wildman–Crippen LogP) is 3.36. The van der Waals surface area contributed by atoms with Crippen LogP contribution in [0.5, 0.6) is 5.75 Å². The van der Waals surface area contributed by atoms with Crippen LogP contribution in [-0.2, 0) is 4.79 Å². The van der Waals surface area contributed by atoms with Gasteiger partial charge in [0.25, 0.3) is 0 Å². The Balaban J connectivity index is 2.09. The highest BCUT2D eigenvalue weighted by molar-refractivity contribution is 6.30. The Labute approximate surface area is 100.0 Å². The molecule has 0 unspecified atom stereocenters. The number of hydrogen-bond donors (Lipinski definition) is 1. The zero-order valence-corrected chi connectivity index (χ0v) is 9.74. The van der Waals surface area contributed by atoms with E-state index < -0.39 is 5.97 Å². The van der Waals surface area contributed by atoms with Crippen molar-refractivity contribution in [1.82, 2.24) is 0 Å². The highest BCUT2D eigenvalue weighted by Gasteiger charge is 1.97. The normalized spacial score (nSPS) is 10.1. The highest BCUT2D eigenvalue weighted by Crippen LogP contribution is 2.17. The van der Waals surface area contributed by atoms with Crippen molar-refractivity contribution in [3.8, 4) is 5.75 Å². The lowest BCUT2D eigenvalue weighted by Crippen LogP contribution is -1.99. The van der Waals surface area contributed by atoms with Crippen LogP contribution in [0.25, 0.3) is 0 Å². The molecule has 0 radical (unpaired) electrons. The van der Waals surface area contributed by atoms with Gasteiger partial charge in [-0.15, -0.1) is 0 Å². The highest BCUT2D eigenvalue weighted by atomic mass is 35.5.